The lowest BCUT2D eigenvalue weighted by molar-refractivity contribution is 0.00578. The topological polar surface area (TPSA) is 18.5 Å². The monoisotopic (exact) mass is 470 g/mol. The molecule has 0 saturated carbocycles. The number of benzene rings is 1. The van der Waals surface area contributed by atoms with Crippen LogP contribution in [0, 0.1) is 9.39 Å². The third kappa shape index (κ3) is 3.35. The van der Waals surface area contributed by atoms with Gasteiger partial charge in [-0.3, -0.25) is 0 Å². The molecular formula is C14H15BBrF2IO2. The maximum atomic E-state index is 14.4. The molecule has 0 unspecified atom stereocenters. The summed E-state index contributed by atoms with van der Waals surface area (Å²) in [5, 5.41) is 0. The molecular weight excluding hydrogens is 456 g/mol. The van der Waals surface area contributed by atoms with Crippen molar-refractivity contribution in [2.24, 2.45) is 0 Å². The Kier molecular flexibility index (Phi) is 4.88. The average Bonchev–Trinajstić information content (AvgIpc) is 2.59. The molecule has 0 bridgehead atoms. The molecule has 1 saturated heterocycles. The van der Waals surface area contributed by atoms with E-state index < -0.39 is 29.9 Å². The number of rotatable bonds is 2. The first-order valence-electron chi connectivity index (χ1n) is 6.41. The van der Waals surface area contributed by atoms with Gasteiger partial charge in [0.05, 0.1) is 14.8 Å². The van der Waals surface area contributed by atoms with Crippen LogP contribution in [0.4, 0.5) is 8.78 Å². The van der Waals surface area contributed by atoms with Crippen LogP contribution in [-0.2, 0) is 9.31 Å². The van der Waals surface area contributed by atoms with Gasteiger partial charge < -0.3 is 9.31 Å². The Balaban J connectivity index is 2.34. The summed E-state index contributed by atoms with van der Waals surface area (Å²) in [5.74, 6) is -0.397. The fourth-order valence-corrected chi connectivity index (χ4v) is 3.28. The highest BCUT2D eigenvalue weighted by Gasteiger charge is 2.53. The molecule has 1 aromatic rings. The van der Waals surface area contributed by atoms with Crippen LogP contribution in [0.2, 0.25) is 0 Å². The van der Waals surface area contributed by atoms with Gasteiger partial charge in [0.15, 0.2) is 0 Å². The molecule has 7 heteroatoms. The molecule has 0 aromatic heterocycles. The maximum Gasteiger partial charge on any atom is 0.525 e. The number of hydrogen-bond donors (Lipinski definition) is 0. The molecule has 1 fully saturated rings. The fourth-order valence-electron chi connectivity index (χ4n) is 1.84. The van der Waals surface area contributed by atoms with Gasteiger partial charge in [-0.25, -0.2) is 8.78 Å². The second kappa shape index (κ2) is 5.90. The Morgan fingerprint density at radius 1 is 1.24 bits per heavy atom. The van der Waals surface area contributed by atoms with Gasteiger partial charge in [-0.1, -0.05) is 15.9 Å². The van der Waals surface area contributed by atoms with E-state index in [1.54, 1.807) is 6.07 Å². The zero-order chi connectivity index (χ0) is 16.0. The van der Waals surface area contributed by atoms with Crippen molar-refractivity contribution in [2.75, 3.05) is 0 Å². The quantitative estimate of drug-likeness (QED) is 0.339. The summed E-state index contributed by atoms with van der Waals surface area (Å²) in [7, 11) is -1.08. The van der Waals surface area contributed by atoms with Gasteiger partial charge >= 0.3 is 7.12 Å². The molecule has 1 heterocycles. The summed E-state index contributed by atoms with van der Waals surface area (Å²) < 4.78 is 40.2. The van der Waals surface area contributed by atoms with Gasteiger partial charge in [0.25, 0.3) is 0 Å². The van der Waals surface area contributed by atoms with Crippen molar-refractivity contribution >= 4 is 51.7 Å². The van der Waals surface area contributed by atoms with E-state index in [4.69, 9.17) is 9.31 Å². The van der Waals surface area contributed by atoms with Crippen LogP contribution >= 0.6 is 38.5 Å². The second-order valence-electron chi connectivity index (χ2n) is 5.87. The molecule has 0 N–H and O–H groups in total. The summed E-state index contributed by atoms with van der Waals surface area (Å²) >= 11 is 5.14. The van der Waals surface area contributed by atoms with Crippen LogP contribution < -0.4 is 0 Å². The standard InChI is InChI=1S/C14H15BBrF2IO2/c1-13(2)14(3,4)21-15(20-13)11(18)7-8-9(16)5-6-10(17)12(8)19/h5-7H,1-4H3. The van der Waals surface area contributed by atoms with Crippen molar-refractivity contribution in [1.29, 1.82) is 0 Å². The minimum atomic E-state index is -1.08. The lowest BCUT2D eigenvalue weighted by Crippen LogP contribution is -2.41. The van der Waals surface area contributed by atoms with Gasteiger partial charge in [0.2, 0.25) is 0 Å². The summed E-state index contributed by atoms with van der Waals surface area (Å²) in [6.45, 7) is 7.40. The van der Waals surface area contributed by atoms with E-state index in [1.807, 2.05) is 50.3 Å². The van der Waals surface area contributed by atoms with Crippen LogP contribution in [0.25, 0.3) is 6.08 Å². The molecule has 2 rings (SSSR count). The third-order valence-electron chi connectivity index (χ3n) is 3.84. The van der Waals surface area contributed by atoms with E-state index in [1.165, 1.54) is 12.1 Å². The zero-order valence-electron chi connectivity index (χ0n) is 12.1. The van der Waals surface area contributed by atoms with Crippen molar-refractivity contribution in [1.82, 2.24) is 0 Å². The zero-order valence-corrected chi connectivity index (χ0v) is 15.9. The summed E-state index contributed by atoms with van der Waals surface area (Å²) in [5.41, 5.74) is -1.38. The number of halogens is 4. The van der Waals surface area contributed by atoms with Crippen LogP contribution in [0.5, 0.6) is 0 Å². The van der Waals surface area contributed by atoms with E-state index in [-0.39, 0.29) is 0 Å². The minimum Gasteiger partial charge on any atom is -0.398 e. The van der Waals surface area contributed by atoms with Gasteiger partial charge in [-0.2, -0.15) is 0 Å². The molecule has 1 aliphatic heterocycles. The third-order valence-corrected chi connectivity index (χ3v) is 5.63. The Morgan fingerprint density at radius 2 is 1.76 bits per heavy atom. The Morgan fingerprint density at radius 3 is 2.29 bits per heavy atom. The van der Waals surface area contributed by atoms with Crippen LogP contribution in [0.3, 0.4) is 0 Å². The van der Waals surface area contributed by atoms with E-state index >= 15 is 0 Å². The maximum absolute atomic E-state index is 14.4. The summed E-state index contributed by atoms with van der Waals surface area (Å²) in [6, 6.07) is 2.87. The fraction of sp³-hybridized carbons (Fsp3) is 0.429. The van der Waals surface area contributed by atoms with Crippen molar-refractivity contribution < 1.29 is 18.1 Å². The molecule has 0 atom stereocenters. The van der Waals surface area contributed by atoms with E-state index in [2.05, 4.69) is 15.9 Å². The molecule has 2 nitrogen and oxygen atoms in total. The highest BCUT2D eigenvalue weighted by Crippen LogP contribution is 2.39. The molecule has 0 spiro atoms. The molecule has 21 heavy (non-hydrogen) atoms. The van der Waals surface area contributed by atoms with E-state index in [0.717, 1.165) is 0 Å². The first-order valence-corrected chi connectivity index (χ1v) is 8.28. The van der Waals surface area contributed by atoms with Gasteiger partial charge in [-0.15, -0.1) is 0 Å². The number of hydrogen-bond acceptors (Lipinski definition) is 2. The van der Waals surface area contributed by atoms with Crippen molar-refractivity contribution in [3.05, 3.63) is 37.3 Å². The first-order chi connectivity index (χ1) is 9.55. The van der Waals surface area contributed by atoms with Crippen LogP contribution in [0.1, 0.15) is 33.3 Å². The molecule has 1 aliphatic rings. The average molecular weight is 471 g/mol. The normalized spacial score (nSPS) is 21.0. The highest BCUT2D eigenvalue weighted by atomic mass is 127. The van der Waals surface area contributed by atoms with E-state index in [0.29, 0.717) is 13.6 Å². The molecule has 0 radical (unpaired) electrons. The summed E-state index contributed by atoms with van der Waals surface area (Å²) in [4.78, 5) is 0. The summed E-state index contributed by atoms with van der Waals surface area (Å²) in [6.07, 6.45) is 1.25. The molecule has 0 amide bonds. The Bertz CT molecular complexity index is 589. The smallest absolute Gasteiger partial charge is 0.398 e. The van der Waals surface area contributed by atoms with Crippen molar-refractivity contribution in [2.45, 2.75) is 38.9 Å². The highest BCUT2D eigenvalue weighted by molar-refractivity contribution is 14.1. The van der Waals surface area contributed by atoms with Crippen molar-refractivity contribution in [3.8, 4) is 0 Å². The predicted octanol–water partition coefficient (Wildman–Crippen LogP) is 5.13. The van der Waals surface area contributed by atoms with Gasteiger partial charge in [0.1, 0.15) is 11.5 Å². The molecule has 0 aliphatic carbocycles. The molecule has 1 aromatic carbocycles. The van der Waals surface area contributed by atoms with Crippen LogP contribution in [0.15, 0.2) is 22.3 Å². The largest absolute Gasteiger partial charge is 0.525 e. The van der Waals surface area contributed by atoms with Crippen molar-refractivity contribution in [3.63, 3.8) is 0 Å². The minimum absolute atomic E-state index is 0.341. The predicted molar refractivity (Wildman–Crippen MR) is 92.0 cm³/mol. The first kappa shape index (κ1) is 17.4. The Labute approximate surface area is 145 Å². The lowest BCUT2D eigenvalue weighted by Gasteiger charge is -2.32. The molecule has 114 valence electrons. The Hall–Kier alpha value is 0.0149. The van der Waals surface area contributed by atoms with Crippen LogP contribution in [-0.4, -0.2) is 18.3 Å². The lowest BCUT2D eigenvalue weighted by atomic mass is 9.87. The van der Waals surface area contributed by atoms with Gasteiger partial charge in [-0.05, 0) is 68.5 Å². The van der Waals surface area contributed by atoms with E-state index in [9.17, 15) is 8.78 Å². The van der Waals surface area contributed by atoms with Gasteiger partial charge in [0, 0.05) is 10.0 Å². The SMILES string of the molecule is CC1(C)OB(C(F)=Cc2c(Br)ccc(F)c2I)OC1(C)C. The second-order valence-corrected chi connectivity index (χ2v) is 7.81.